The van der Waals surface area contributed by atoms with Crippen LogP contribution in [0, 0.1) is 0 Å². The first kappa shape index (κ1) is 15.4. The van der Waals surface area contributed by atoms with Crippen LogP contribution >= 0.6 is 0 Å². The molecule has 1 aromatic heterocycles. The largest absolute Gasteiger partial charge is 0.481 e. The van der Waals surface area contributed by atoms with Gasteiger partial charge in [0.05, 0.1) is 12.7 Å². The second-order valence-electron chi connectivity index (χ2n) is 5.57. The topological polar surface area (TPSA) is 82.8 Å². The SMILES string of the molecule is CC(Cc1ccco1)NC(=O)N1CCCCC1CC(=O)O. The van der Waals surface area contributed by atoms with E-state index in [-0.39, 0.29) is 24.5 Å². The number of urea groups is 1. The number of rotatable bonds is 5. The first-order valence-corrected chi connectivity index (χ1v) is 7.37. The van der Waals surface area contributed by atoms with E-state index in [1.165, 1.54) is 0 Å². The molecule has 2 heterocycles. The Balaban J connectivity index is 1.89. The first-order valence-electron chi connectivity index (χ1n) is 7.37. The Morgan fingerprint density at radius 2 is 2.33 bits per heavy atom. The summed E-state index contributed by atoms with van der Waals surface area (Å²) in [6.45, 7) is 2.54. The monoisotopic (exact) mass is 294 g/mol. The Morgan fingerprint density at radius 3 is 3.00 bits per heavy atom. The van der Waals surface area contributed by atoms with Gasteiger partial charge in [0, 0.05) is 25.0 Å². The molecule has 2 unspecified atom stereocenters. The summed E-state index contributed by atoms with van der Waals surface area (Å²) in [6.07, 6.45) is 4.90. The number of piperidine rings is 1. The molecule has 2 atom stereocenters. The second-order valence-corrected chi connectivity index (χ2v) is 5.57. The van der Waals surface area contributed by atoms with Gasteiger partial charge < -0.3 is 19.7 Å². The van der Waals surface area contributed by atoms with Crippen LogP contribution in [0.2, 0.25) is 0 Å². The number of nitrogens with one attached hydrogen (secondary N) is 1. The normalized spacial score (nSPS) is 20.0. The molecule has 0 bridgehead atoms. The van der Waals surface area contributed by atoms with Crippen LogP contribution in [-0.4, -0.2) is 40.6 Å². The maximum Gasteiger partial charge on any atom is 0.317 e. The predicted octanol–water partition coefficient (Wildman–Crippen LogP) is 2.25. The molecule has 1 aliphatic rings. The molecule has 2 amide bonds. The molecule has 1 fully saturated rings. The summed E-state index contributed by atoms with van der Waals surface area (Å²) in [5.74, 6) is -0.0353. The number of carboxylic acid groups (broad SMARTS) is 1. The summed E-state index contributed by atoms with van der Waals surface area (Å²) < 4.78 is 5.26. The number of aliphatic carboxylic acids is 1. The number of furan rings is 1. The first-order chi connectivity index (χ1) is 10.1. The molecule has 116 valence electrons. The number of hydrogen-bond acceptors (Lipinski definition) is 3. The van der Waals surface area contributed by atoms with E-state index >= 15 is 0 Å². The standard InChI is InChI=1S/C15H22N2O4/c1-11(9-13-6-4-8-21-13)16-15(20)17-7-3-2-5-12(17)10-14(18)19/h4,6,8,11-12H,2-3,5,7,9-10H2,1H3,(H,16,20)(H,18,19). The van der Waals surface area contributed by atoms with Crippen LogP contribution in [0.15, 0.2) is 22.8 Å². The van der Waals surface area contributed by atoms with Gasteiger partial charge in [-0.1, -0.05) is 0 Å². The summed E-state index contributed by atoms with van der Waals surface area (Å²) in [4.78, 5) is 24.9. The van der Waals surface area contributed by atoms with Crippen LogP contribution < -0.4 is 5.32 Å². The quantitative estimate of drug-likeness (QED) is 0.872. The highest BCUT2D eigenvalue weighted by molar-refractivity contribution is 5.76. The van der Waals surface area contributed by atoms with Gasteiger partial charge in [-0.3, -0.25) is 4.79 Å². The van der Waals surface area contributed by atoms with E-state index in [1.54, 1.807) is 11.2 Å². The van der Waals surface area contributed by atoms with Crippen molar-refractivity contribution in [3.63, 3.8) is 0 Å². The zero-order valence-corrected chi connectivity index (χ0v) is 12.2. The number of amides is 2. The van der Waals surface area contributed by atoms with Crippen molar-refractivity contribution in [1.82, 2.24) is 10.2 Å². The van der Waals surface area contributed by atoms with E-state index in [0.717, 1.165) is 25.0 Å². The molecule has 1 aromatic rings. The Kier molecular flexibility index (Phi) is 5.25. The van der Waals surface area contributed by atoms with Gasteiger partial charge in [0.1, 0.15) is 5.76 Å². The van der Waals surface area contributed by atoms with Crippen molar-refractivity contribution in [2.75, 3.05) is 6.54 Å². The molecule has 2 rings (SSSR count). The Labute approximate surface area is 124 Å². The van der Waals surface area contributed by atoms with Gasteiger partial charge >= 0.3 is 12.0 Å². The molecule has 1 saturated heterocycles. The third-order valence-electron chi connectivity index (χ3n) is 3.76. The molecule has 6 heteroatoms. The van der Waals surface area contributed by atoms with E-state index in [4.69, 9.17) is 9.52 Å². The van der Waals surface area contributed by atoms with Crippen LogP contribution in [0.1, 0.15) is 38.4 Å². The number of likely N-dealkylation sites (tertiary alicyclic amines) is 1. The predicted molar refractivity (Wildman–Crippen MR) is 77.0 cm³/mol. The molecule has 2 N–H and O–H groups in total. The van der Waals surface area contributed by atoms with Crippen molar-refractivity contribution >= 4 is 12.0 Å². The van der Waals surface area contributed by atoms with Gasteiger partial charge in [-0.2, -0.15) is 0 Å². The van der Waals surface area contributed by atoms with Gasteiger partial charge in [0.2, 0.25) is 0 Å². The van der Waals surface area contributed by atoms with Gasteiger partial charge in [-0.25, -0.2) is 4.79 Å². The van der Waals surface area contributed by atoms with E-state index in [0.29, 0.717) is 13.0 Å². The summed E-state index contributed by atoms with van der Waals surface area (Å²) in [5.41, 5.74) is 0. The molecule has 6 nitrogen and oxygen atoms in total. The lowest BCUT2D eigenvalue weighted by molar-refractivity contribution is -0.138. The molecule has 0 aliphatic carbocycles. The Morgan fingerprint density at radius 1 is 1.52 bits per heavy atom. The highest BCUT2D eigenvalue weighted by atomic mass is 16.4. The Hall–Kier alpha value is -1.98. The van der Waals surface area contributed by atoms with E-state index < -0.39 is 5.97 Å². The minimum absolute atomic E-state index is 0.0139. The number of nitrogens with zero attached hydrogens (tertiary/aromatic N) is 1. The lowest BCUT2D eigenvalue weighted by atomic mass is 10.00. The van der Waals surface area contributed by atoms with Crippen molar-refractivity contribution in [3.05, 3.63) is 24.2 Å². The lowest BCUT2D eigenvalue weighted by Gasteiger charge is -2.35. The second kappa shape index (κ2) is 7.15. The fourth-order valence-electron chi connectivity index (χ4n) is 2.76. The third-order valence-corrected chi connectivity index (χ3v) is 3.76. The van der Waals surface area contributed by atoms with Crippen LogP contribution in [0.4, 0.5) is 4.79 Å². The molecular weight excluding hydrogens is 272 g/mol. The van der Waals surface area contributed by atoms with Crippen molar-refractivity contribution < 1.29 is 19.1 Å². The van der Waals surface area contributed by atoms with Crippen molar-refractivity contribution in [3.8, 4) is 0 Å². The van der Waals surface area contributed by atoms with Crippen LogP contribution in [0.5, 0.6) is 0 Å². The van der Waals surface area contributed by atoms with Crippen LogP contribution in [-0.2, 0) is 11.2 Å². The van der Waals surface area contributed by atoms with Crippen LogP contribution in [0.3, 0.4) is 0 Å². The molecule has 0 radical (unpaired) electrons. The third kappa shape index (κ3) is 4.51. The average molecular weight is 294 g/mol. The van der Waals surface area contributed by atoms with Crippen molar-refractivity contribution in [2.45, 2.75) is 51.1 Å². The number of carbonyl (C=O) groups is 2. The van der Waals surface area contributed by atoms with Crippen LogP contribution in [0.25, 0.3) is 0 Å². The highest BCUT2D eigenvalue weighted by Gasteiger charge is 2.29. The van der Waals surface area contributed by atoms with Gasteiger partial charge in [0.15, 0.2) is 0 Å². The smallest absolute Gasteiger partial charge is 0.317 e. The molecule has 0 saturated carbocycles. The average Bonchev–Trinajstić information content (AvgIpc) is 2.91. The van der Waals surface area contributed by atoms with Gasteiger partial charge in [0.25, 0.3) is 0 Å². The summed E-state index contributed by atoms with van der Waals surface area (Å²) in [7, 11) is 0. The fourth-order valence-corrected chi connectivity index (χ4v) is 2.76. The van der Waals surface area contributed by atoms with E-state index in [9.17, 15) is 9.59 Å². The van der Waals surface area contributed by atoms with Gasteiger partial charge in [-0.15, -0.1) is 0 Å². The molecule has 1 aliphatic heterocycles. The highest BCUT2D eigenvalue weighted by Crippen LogP contribution is 2.20. The zero-order valence-electron chi connectivity index (χ0n) is 12.2. The summed E-state index contributed by atoms with van der Waals surface area (Å²) >= 11 is 0. The van der Waals surface area contributed by atoms with E-state index in [1.807, 2.05) is 19.1 Å². The molecule has 0 spiro atoms. The maximum absolute atomic E-state index is 12.3. The van der Waals surface area contributed by atoms with E-state index in [2.05, 4.69) is 5.32 Å². The number of carbonyl (C=O) groups excluding carboxylic acids is 1. The minimum Gasteiger partial charge on any atom is -0.481 e. The molecule has 0 aromatic carbocycles. The number of hydrogen-bond donors (Lipinski definition) is 2. The van der Waals surface area contributed by atoms with Crippen molar-refractivity contribution in [2.24, 2.45) is 0 Å². The Bertz CT molecular complexity index is 472. The lowest BCUT2D eigenvalue weighted by Crippen LogP contribution is -2.51. The van der Waals surface area contributed by atoms with Crippen molar-refractivity contribution in [1.29, 1.82) is 0 Å². The summed E-state index contributed by atoms with van der Waals surface area (Å²) in [5, 5.41) is 11.9. The van der Waals surface area contributed by atoms with Gasteiger partial charge in [-0.05, 0) is 38.3 Å². The fraction of sp³-hybridized carbons (Fsp3) is 0.600. The molecule has 21 heavy (non-hydrogen) atoms. The minimum atomic E-state index is -0.858. The maximum atomic E-state index is 12.3. The number of carboxylic acids is 1. The molecular formula is C15H22N2O4. The zero-order chi connectivity index (χ0) is 15.2. The summed E-state index contributed by atoms with van der Waals surface area (Å²) in [6, 6.07) is 3.25.